The van der Waals surface area contributed by atoms with Crippen molar-refractivity contribution in [3.05, 3.63) is 35.6 Å². The van der Waals surface area contributed by atoms with E-state index in [9.17, 15) is 14.0 Å². The van der Waals surface area contributed by atoms with Gasteiger partial charge in [-0.1, -0.05) is 29.5 Å². The highest BCUT2D eigenvalue weighted by Crippen LogP contribution is 2.31. The highest BCUT2D eigenvalue weighted by Gasteiger charge is 2.28. The summed E-state index contributed by atoms with van der Waals surface area (Å²) in [6, 6.07) is 6.47. The lowest BCUT2D eigenvalue weighted by Gasteiger charge is -2.30. The lowest BCUT2D eigenvalue weighted by Crippen LogP contribution is -2.40. The van der Waals surface area contributed by atoms with Crippen LogP contribution in [0.25, 0.3) is 0 Å². The molecule has 2 amide bonds. The van der Waals surface area contributed by atoms with Gasteiger partial charge in [-0.15, -0.1) is 10.2 Å². The standard InChI is InChI=1S/C20H24FN5O2S/c21-16-6-2-1-5-15(16)13-22-18(28)14-8-11-25(12-9-14)19-23-24-20(29-19)26-10-4-3-7-17(26)27/h1-2,5-6,14H,3-4,7-13H2,(H,22,28). The molecule has 2 aliphatic heterocycles. The Hall–Kier alpha value is -2.55. The third-order valence-electron chi connectivity index (χ3n) is 5.51. The summed E-state index contributed by atoms with van der Waals surface area (Å²) in [4.78, 5) is 28.4. The number of hydrogen-bond acceptors (Lipinski definition) is 6. The van der Waals surface area contributed by atoms with Crippen LogP contribution in [-0.4, -0.2) is 41.6 Å². The quantitative estimate of drug-likeness (QED) is 0.809. The van der Waals surface area contributed by atoms with E-state index in [4.69, 9.17) is 0 Å². The van der Waals surface area contributed by atoms with Gasteiger partial charge in [-0.25, -0.2) is 4.39 Å². The van der Waals surface area contributed by atoms with E-state index in [0.29, 0.717) is 49.6 Å². The van der Waals surface area contributed by atoms with Crippen LogP contribution in [-0.2, 0) is 16.1 Å². The first-order chi connectivity index (χ1) is 14.1. The summed E-state index contributed by atoms with van der Waals surface area (Å²) in [6.45, 7) is 2.33. The molecule has 1 aromatic heterocycles. The smallest absolute Gasteiger partial charge is 0.228 e. The van der Waals surface area contributed by atoms with E-state index in [1.807, 2.05) is 0 Å². The van der Waals surface area contributed by atoms with Crippen molar-refractivity contribution in [3.63, 3.8) is 0 Å². The second-order valence-corrected chi connectivity index (χ2v) is 8.37. The van der Waals surface area contributed by atoms with Gasteiger partial charge in [-0.05, 0) is 31.7 Å². The van der Waals surface area contributed by atoms with Gasteiger partial charge in [-0.3, -0.25) is 14.5 Å². The Morgan fingerprint density at radius 3 is 2.66 bits per heavy atom. The van der Waals surface area contributed by atoms with Crippen molar-refractivity contribution in [2.24, 2.45) is 5.92 Å². The number of halogens is 1. The van der Waals surface area contributed by atoms with E-state index in [2.05, 4.69) is 20.4 Å². The zero-order valence-corrected chi connectivity index (χ0v) is 17.0. The SMILES string of the molecule is O=C(NCc1ccccc1F)C1CCN(c2nnc(N3CCCCC3=O)s2)CC1. The van der Waals surface area contributed by atoms with Gasteiger partial charge in [0.05, 0.1) is 0 Å². The van der Waals surface area contributed by atoms with E-state index in [0.717, 1.165) is 18.0 Å². The number of amides is 2. The number of benzene rings is 1. The molecule has 2 saturated heterocycles. The van der Waals surface area contributed by atoms with Crippen LogP contribution in [0.15, 0.2) is 24.3 Å². The average molecular weight is 418 g/mol. The molecule has 7 nitrogen and oxygen atoms in total. The molecule has 0 unspecified atom stereocenters. The fourth-order valence-electron chi connectivity index (χ4n) is 3.75. The molecule has 0 radical (unpaired) electrons. The average Bonchev–Trinajstić information content (AvgIpc) is 3.23. The van der Waals surface area contributed by atoms with Gasteiger partial charge in [0.25, 0.3) is 0 Å². The van der Waals surface area contributed by atoms with Crippen LogP contribution in [0.5, 0.6) is 0 Å². The maximum atomic E-state index is 13.7. The van der Waals surface area contributed by atoms with Crippen molar-refractivity contribution in [2.45, 2.75) is 38.6 Å². The van der Waals surface area contributed by atoms with E-state index < -0.39 is 0 Å². The summed E-state index contributed by atoms with van der Waals surface area (Å²) in [7, 11) is 0. The van der Waals surface area contributed by atoms with Crippen LogP contribution in [0.4, 0.5) is 14.7 Å². The minimum atomic E-state index is -0.304. The van der Waals surface area contributed by atoms with Gasteiger partial charge in [0.1, 0.15) is 5.82 Å². The fraction of sp³-hybridized carbons (Fsp3) is 0.500. The summed E-state index contributed by atoms with van der Waals surface area (Å²) in [6.07, 6.45) is 3.92. The zero-order valence-electron chi connectivity index (χ0n) is 16.1. The summed E-state index contributed by atoms with van der Waals surface area (Å²) >= 11 is 1.44. The molecular formula is C20H24FN5O2S. The molecule has 1 N–H and O–H groups in total. The molecule has 0 atom stereocenters. The number of piperidine rings is 2. The van der Waals surface area contributed by atoms with Crippen LogP contribution in [0, 0.1) is 11.7 Å². The number of carbonyl (C=O) groups is 2. The molecule has 4 rings (SSSR count). The molecule has 3 heterocycles. The molecular weight excluding hydrogens is 393 g/mol. The highest BCUT2D eigenvalue weighted by atomic mass is 32.1. The van der Waals surface area contributed by atoms with Crippen LogP contribution >= 0.6 is 11.3 Å². The molecule has 154 valence electrons. The van der Waals surface area contributed by atoms with Crippen molar-refractivity contribution < 1.29 is 14.0 Å². The topological polar surface area (TPSA) is 78.4 Å². The van der Waals surface area contributed by atoms with E-state index >= 15 is 0 Å². The number of nitrogens with one attached hydrogen (secondary N) is 1. The third kappa shape index (κ3) is 4.55. The largest absolute Gasteiger partial charge is 0.352 e. The van der Waals surface area contributed by atoms with Gasteiger partial charge in [0.15, 0.2) is 0 Å². The molecule has 0 aliphatic carbocycles. The Kier molecular flexibility index (Phi) is 6.03. The van der Waals surface area contributed by atoms with Crippen molar-refractivity contribution in [3.8, 4) is 0 Å². The maximum absolute atomic E-state index is 13.7. The Morgan fingerprint density at radius 2 is 1.90 bits per heavy atom. The first-order valence-electron chi connectivity index (χ1n) is 10.0. The van der Waals surface area contributed by atoms with E-state index in [-0.39, 0.29) is 30.1 Å². The minimum absolute atomic E-state index is 0.0373. The van der Waals surface area contributed by atoms with Crippen molar-refractivity contribution in [1.82, 2.24) is 15.5 Å². The zero-order chi connectivity index (χ0) is 20.2. The summed E-state index contributed by atoms with van der Waals surface area (Å²) < 4.78 is 13.7. The number of rotatable bonds is 5. The Labute approximate surface area is 172 Å². The van der Waals surface area contributed by atoms with E-state index in [1.165, 1.54) is 17.4 Å². The van der Waals surface area contributed by atoms with Crippen LogP contribution in [0.2, 0.25) is 0 Å². The summed E-state index contributed by atoms with van der Waals surface area (Å²) in [5.41, 5.74) is 0.493. The van der Waals surface area contributed by atoms with Crippen LogP contribution in [0.1, 0.15) is 37.7 Å². The van der Waals surface area contributed by atoms with Gasteiger partial charge >= 0.3 is 0 Å². The number of aromatic nitrogens is 2. The molecule has 0 spiro atoms. The Morgan fingerprint density at radius 1 is 1.14 bits per heavy atom. The molecule has 2 aliphatic rings. The van der Waals surface area contributed by atoms with Gasteiger partial charge in [0, 0.05) is 44.1 Å². The predicted molar refractivity (Wildman–Crippen MR) is 109 cm³/mol. The monoisotopic (exact) mass is 417 g/mol. The first-order valence-corrected chi connectivity index (χ1v) is 10.8. The third-order valence-corrected chi connectivity index (χ3v) is 6.51. The van der Waals surface area contributed by atoms with Crippen LogP contribution < -0.4 is 15.1 Å². The fourth-order valence-corrected chi connectivity index (χ4v) is 4.70. The van der Waals surface area contributed by atoms with Gasteiger partial charge in [0.2, 0.25) is 22.1 Å². The van der Waals surface area contributed by atoms with Crippen molar-refractivity contribution >= 4 is 33.4 Å². The Bertz CT molecular complexity index is 881. The lowest BCUT2D eigenvalue weighted by molar-refractivity contribution is -0.125. The minimum Gasteiger partial charge on any atom is -0.352 e. The highest BCUT2D eigenvalue weighted by molar-refractivity contribution is 7.19. The first kappa shape index (κ1) is 19.8. The van der Waals surface area contributed by atoms with Gasteiger partial charge in [-0.2, -0.15) is 0 Å². The second-order valence-electron chi connectivity index (χ2n) is 7.44. The maximum Gasteiger partial charge on any atom is 0.228 e. The number of anilines is 2. The summed E-state index contributed by atoms with van der Waals surface area (Å²) in [5, 5.41) is 12.8. The number of carbonyl (C=O) groups excluding carboxylic acids is 2. The van der Waals surface area contributed by atoms with Crippen LogP contribution in [0.3, 0.4) is 0 Å². The predicted octanol–water partition coefficient (Wildman–Crippen LogP) is 2.73. The lowest BCUT2D eigenvalue weighted by atomic mass is 9.96. The molecule has 29 heavy (non-hydrogen) atoms. The van der Waals surface area contributed by atoms with Crippen molar-refractivity contribution in [2.75, 3.05) is 29.4 Å². The Balaban J connectivity index is 1.29. The van der Waals surface area contributed by atoms with Crippen molar-refractivity contribution in [1.29, 1.82) is 0 Å². The molecule has 2 aromatic rings. The number of nitrogens with zero attached hydrogens (tertiary/aromatic N) is 4. The summed E-state index contributed by atoms with van der Waals surface area (Å²) in [5.74, 6) is -0.315. The molecule has 0 saturated carbocycles. The molecule has 1 aromatic carbocycles. The number of hydrogen-bond donors (Lipinski definition) is 1. The van der Waals surface area contributed by atoms with E-state index in [1.54, 1.807) is 23.1 Å². The normalized spacial score (nSPS) is 18.2. The molecule has 9 heteroatoms. The molecule has 2 fully saturated rings. The van der Waals surface area contributed by atoms with Gasteiger partial charge < -0.3 is 10.2 Å². The second kappa shape index (κ2) is 8.86. The molecule has 0 bridgehead atoms.